The van der Waals surface area contributed by atoms with Gasteiger partial charge in [0.25, 0.3) is 5.91 Å². The van der Waals surface area contributed by atoms with Crippen LogP contribution in [0.5, 0.6) is 11.5 Å². The minimum atomic E-state index is -4.93. The number of carbonyl (C=O) groups excluding carboxylic acids is 4. The van der Waals surface area contributed by atoms with Crippen LogP contribution >= 0.6 is 0 Å². The highest BCUT2D eigenvalue weighted by Crippen LogP contribution is 2.51. The van der Waals surface area contributed by atoms with Gasteiger partial charge in [0.15, 0.2) is 11.4 Å². The predicted octanol–water partition coefficient (Wildman–Crippen LogP) is 5.36. The fraction of sp³-hybridized carbons (Fsp3) is 0.634. The van der Waals surface area contributed by atoms with Crippen LogP contribution in [0.2, 0.25) is 0 Å². The van der Waals surface area contributed by atoms with Crippen molar-refractivity contribution >= 4 is 44.7 Å². The second-order valence-electron chi connectivity index (χ2n) is 17.5. The highest BCUT2D eigenvalue weighted by atomic mass is 32.2. The smallest absolute Gasteiger partial charge is 0.437 e. The van der Waals surface area contributed by atoms with Crippen LogP contribution in [0.15, 0.2) is 30.4 Å². The molecule has 8 rings (SSSR count). The molecule has 4 amide bonds. The number of hydrogen-bond acceptors (Lipinski definition) is 10. The topological polar surface area (TPSA) is 182 Å². The minimum Gasteiger partial charge on any atom is -0.497 e. The Morgan fingerprint density at radius 3 is 2.53 bits per heavy atom. The van der Waals surface area contributed by atoms with E-state index in [1.807, 2.05) is 13.0 Å². The van der Waals surface area contributed by atoms with Crippen molar-refractivity contribution < 1.29 is 55.0 Å². The number of amides is 4. The monoisotopic (exact) mass is 845 g/mol. The molecule has 2 aromatic rings. The van der Waals surface area contributed by atoms with E-state index in [0.717, 1.165) is 0 Å². The van der Waals surface area contributed by atoms with Crippen molar-refractivity contribution in [2.75, 3.05) is 13.7 Å². The van der Waals surface area contributed by atoms with E-state index in [9.17, 15) is 40.8 Å². The molecule has 3 N–H and O–H groups in total. The molecule has 5 atom stereocenters. The number of pyridine rings is 1. The number of fused-ring (bicyclic) bond motifs is 5. The summed E-state index contributed by atoms with van der Waals surface area (Å²) in [6, 6.07) is 2.01. The molecule has 0 radical (unpaired) electrons. The van der Waals surface area contributed by atoms with E-state index in [1.54, 1.807) is 12.1 Å². The van der Waals surface area contributed by atoms with Crippen molar-refractivity contribution in [2.45, 2.75) is 143 Å². The molecule has 4 fully saturated rings. The fourth-order valence-corrected chi connectivity index (χ4v) is 10.2. The maximum absolute atomic E-state index is 14.8. The molecule has 18 heteroatoms. The molecular formula is C41H50F3N5O9S. The lowest BCUT2D eigenvalue weighted by molar-refractivity contribution is -0.144. The minimum absolute atomic E-state index is 0.0733. The number of alkyl carbamates (subject to hydrolysis) is 1. The zero-order valence-corrected chi connectivity index (χ0v) is 34.2. The Morgan fingerprint density at radius 2 is 1.85 bits per heavy atom. The van der Waals surface area contributed by atoms with E-state index < -0.39 is 90.9 Å². The molecule has 0 unspecified atom stereocenters. The van der Waals surface area contributed by atoms with Crippen molar-refractivity contribution in [3.8, 4) is 11.5 Å². The van der Waals surface area contributed by atoms with Crippen molar-refractivity contribution in [3.05, 3.63) is 41.6 Å². The van der Waals surface area contributed by atoms with Crippen molar-refractivity contribution in [1.82, 2.24) is 25.2 Å². The SMILES string of the molecule is CCC1(OC(=O)N[C@H]2CCCCC/C=C\[C@@H]3C[C@@]3(C(=O)NS(=O)(=O)C3(C)CC3)NC(=O)[C@@H]3C[C@]4(CCc5c(c(C(F)(F)F)nc6ccc(OC)cc56)O4)CN3C2=O)CC1. The summed E-state index contributed by atoms with van der Waals surface area (Å²) in [5, 5.41) is 5.94. The summed E-state index contributed by atoms with van der Waals surface area (Å²) >= 11 is 0. The maximum Gasteiger partial charge on any atom is 0.437 e. The van der Waals surface area contributed by atoms with E-state index in [2.05, 4.69) is 20.3 Å². The number of sulfonamides is 1. The van der Waals surface area contributed by atoms with Gasteiger partial charge < -0.3 is 29.7 Å². The molecule has 3 saturated carbocycles. The van der Waals surface area contributed by atoms with Gasteiger partial charge >= 0.3 is 12.3 Å². The number of rotatable bonds is 7. The first-order chi connectivity index (χ1) is 27.9. The molecule has 3 aliphatic carbocycles. The maximum atomic E-state index is 14.8. The first kappa shape index (κ1) is 41.1. The number of aromatic nitrogens is 1. The van der Waals surface area contributed by atoms with Crippen LogP contribution in [-0.4, -0.2) is 89.3 Å². The quantitative estimate of drug-likeness (QED) is 0.307. The largest absolute Gasteiger partial charge is 0.497 e. The zero-order valence-electron chi connectivity index (χ0n) is 33.3. The third-order valence-electron chi connectivity index (χ3n) is 13.3. The molecule has 1 saturated heterocycles. The van der Waals surface area contributed by atoms with E-state index in [-0.39, 0.29) is 49.7 Å². The molecule has 1 aromatic heterocycles. The molecule has 1 spiro atoms. The third-order valence-corrected chi connectivity index (χ3v) is 15.5. The van der Waals surface area contributed by atoms with Crippen LogP contribution < -0.4 is 24.8 Å². The molecule has 59 heavy (non-hydrogen) atoms. The van der Waals surface area contributed by atoms with Gasteiger partial charge in [0.1, 0.15) is 34.6 Å². The molecule has 14 nitrogen and oxygen atoms in total. The van der Waals surface area contributed by atoms with Gasteiger partial charge in [-0.1, -0.05) is 31.9 Å². The average molecular weight is 846 g/mol. The van der Waals surface area contributed by atoms with Crippen molar-refractivity contribution in [3.63, 3.8) is 0 Å². The number of carbonyl (C=O) groups is 4. The molecular weight excluding hydrogens is 796 g/mol. The van der Waals surface area contributed by atoms with Crippen LogP contribution in [0.3, 0.4) is 0 Å². The van der Waals surface area contributed by atoms with Crippen LogP contribution in [-0.2, 0) is 41.7 Å². The van der Waals surface area contributed by atoms with Crippen LogP contribution in [0.25, 0.3) is 10.9 Å². The molecule has 1 aromatic carbocycles. The van der Waals surface area contributed by atoms with E-state index >= 15 is 0 Å². The average Bonchev–Trinajstić information content (AvgIpc) is 4.15. The molecule has 0 bridgehead atoms. The Labute approximate surface area is 340 Å². The Kier molecular flexibility index (Phi) is 10.1. The summed E-state index contributed by atoms with van der Waals surface area (Å²) in [6.45, 7) is 3.12. The van der Waals surface area contributed by atoms with Crippen LogP contribution in [0, 0.1) is 5.92 Å². The standard InChI is InChI=1S/C41H50F3N5O9S/c1-4-38(18-19-38)58-36(53)46-29-11-9-7-5-6-8-10-24-21-40(24,35(52)48-59(54,55)37(2)16-17-37)47-33(50)30-22-39(23-49(30)34(29)51)15-14-26-27-20-25(56-3)12-13-28(27)45-32(31(26)57-39)41(42,43)44/h8,10,12-13,20,24,29-30H,4-7,9,11,14-19,21-23H2,1-3H3,(H,46,53)(H,47,50)(H,48,52)/b10-8-/t24-,29+,30+,39-,40-/m1/s1. The van der Waals surface area contributed by atoms with Gasteiger partial charge in [0.2, 0.25) is 21.8 Å². The highest BCUT2D eigenvalue weighted by molar-refractivity contribution is 7.91. The molecule has 3 aliphatic heterocycles. The summed E-state index contributed by atoms with van der Waals surface area (Å²) in [7, 11) is -2.65. The van der Waals surface area contributed by atoms with Gasteiger partial charge in [-0.15, -0.1) is 0 Å². The number of allylic oxidation sites excluding steroid dienone is 1. The summed E-state index contributed by atoms with van der Waals surface area (Å²) in [5.74, 6) is -3.02. The van der Waals surface area contributed by atoms with Gasteiger partial charge in [-0.25, -0.2) is 18.2 Å². The van der Waals surface area contributed by atoms with E-state index in [1.165, 1.54) is 31.1 Å². The van der Waals surface area contributed by atoms with Crippen molar-refractivity contribution in [1.29, 1.82) is 0 Å². The van der Waals surface area contributed by atoms with Crippen LogP contribution in [0.4, 0.5) is 18.0 Å². The van der Waals surface area contributed by atoms with Gasteiger partial charge in [0.05, 0.1) is 23.9 Å². The number of hydrogen-bond donors (Lipinski definition) is 3. The van der Waals surface area contributed by atoms with Gasteiger partial charge in [0, 0.05) is 23.3 Å². The normalized spacial score (nSPS) is 30.3. The van der Waals surface area contributed by atoms with E-state index in [4.69, 9.17) is 14.2 Å². The number of alkyl halides is 3. The Bertz CT molecular complexity index is 2230. The number of nitrogens with one attached hydrogen (secondary N) is 3. The lowest BCUT2D eigenvalue weighted by Crippen LogP contribution is -2.58. The highest BCUT2D eigenvalue weighted by Gasteiger charge is 2.64. The number of methoxy groups -OCH3 is 1. The molecule has 6 aliphatic rings. The fourth-order valence-electron chi connectivity index (χ4n) is 8.86. The lowest BCUT2D eigenvalue weighted by atomic mass is 9.87. The first-order valence-corrected chi connectivity index (χ1v) is 22.0. The number of halogens is 3. The summed E-state index contributed by atoms with van der Waals surface area (Å²) in [5.41, 5.74) is -4.68. The Morgan fingerprint density at radius 1 is 1.08 bits per heavy atom. The molecule has 4 heterocycles. The molecule has 320 valence electrons. The third kappa shape index (κ3) is 7.69. The Hall–Kier alpha value is -4.61. The van der Waals surface area contributed by atoms with Gasteiger partial charge in [-0.2, -0.15) is 13.2 Å². The zero-order chi connectivity index (χ0) is 42.2. The predicted molar refractivity (Wildman–Crippen MR) is 207 cm³/mol. The summed E-state index contributed by atoms with van der Waals surface area (Å²) < 4.78 is 89.3. The number of nitrogens with zero attached hydrogens (tertiary/aromatic N) is 2. The lowest BCUT2D eigenvalue weighted by Gasteiger charge is -2.37. The summed E-state index contributed by atoms with van der Waals surface area (Å²) in [6.07, 6.45) is 3.42. The van der Waals surface area contributed by atoms with Gasteiger partial charge in [-0.05, 0) is 95.8 Å². The number of benzene rings is 1. The van der Waals surface area contributed by atoms with Crippen molar-refractivity contribution in [2.24, 2.45) is 5.92 Å². The summed E-state index contributed by atoms with van der Waals surface area (Å²) in [4.78, 5) is 61.9. The second kappa shape index (κ2) is 14.5. The Balaban J connectivity index is 1.16. The first-order valence-electron chi connectivity index (χ1n) is 20.5. The number of ether oxygens (including phenoxy) is 3. The van der Waals surface area contributed by atoms with Gasteiger partial charge in [-0.3, -0.25) is 19.1 Å². The van der Waals surface area contributed by atoms with Crippen LogP contribution in [0.1, 0.15) is 109 Å². The van der Waals surface area contributed by atoms with E-state index in [0.29, 0.717) is 68.9 Å². The number of aryl methyl sites for hydroxylation is 1. The second-order valence-corrected chi connectivity index (χ2v) is 19.7.